The third kappa shape index (κ3) is 2.12. The lowest BCUT2D eigenvalue weighted by molar-refractivity contribution is -0.127. The topological polar surface area (TPSA) is 33.2 Å². The molecule has 0 spiro atoms. The van der Waals surface area contributed by atoms with Crippen LogP contribution >= 0.6 is 11.3 Å². The third-order valence-corrected chi connectivity index (χ3v) is 2.76. The molecule has 2 heterocycles. The van der Waals surface area contributed by atoms with Crippen LogP contribution in [-0.2, 0) is 4.79 Å². The predicted molar refractivity (Wildman–Crippen MR) is 54.8 cm³/mol. The Morgan fingerprint density at radius 3 is 3.21 bits per heavy atom. The average molecular weight is 206 g/mol. The SMILES string of the molecule is O=C1CCCN1CC#Cc1nccs1. The van der Waals surface area contributed by atoms with E-state index < -0.39 is 0 Å². The van der Waals surface area contributed by atoms with Crippen molar-refractivity contribution in [2.75, 3.05) is 13.1 Å². The second kappa shape index (κ2) is 4.25. The van der Waals surface area contributed by atoms with Gasteiger partial charge in [0.25, 0.3) is 0 Å². The molecule has 0 radical (unpaired) electrons. The fraction of sp³-hybridized carbons (Fsp3) is 0.400. The van der Waals surface area contributed by atoms with Crippen LogP contribution in [0.4, 0.5) is 0 Å². The minimum absolute atomic E-state index is 0.221. The lowest BCUT2D eigenvalue weighted by atomic mass is 10.4. The number of nitrogens with zero attached hydrogens (tertiary/aromatic N) is 2. The van der Waals surface area contributed by atoms with Gasteiger partial charge in [0.05, 0.1) is 6.54 Å². The van der Waals surface area contributed by atoms with Crippen molar-refractivity contribution >= 4 is 17.2 Å². The van der Waals surface area contributed by atoms with E-state index in [9.17, 15) is 4.79 Å². The summed E-state index contributed by atoms with van der Waals surface area (Å²) in [7, 11) is 0. The second-order valence-electron chi connectivity index (χ2n) is 3.06. The van der Waals surface area contributed by atoms with Gasteiger partial charge < -0.3 is 4.90 Å². The van der Waals surface area contributed by atoms with E-state index in [0.29, 0.717) is 13.0 Å². The number of aromatic nitrogens is 1. The van der Waals surface area contributed by atoms with Gasteiger partial charge in [-0.1, -0.05) is 5.92 Å². The van der Waals surface area contributed by atoms with Gasteiger partial charge in [-0.3, -0.25) is 4.79 Å². The maximum absolute atomic E-state index is 11.2. The van der Waals surface area contributed by atoms with Crippen molar-refractivity contribution in [3.63, 3.8) is 0 Å². The first kappa shape index (κ1) is 9.22. The number of likely N-dealkylation sites (tertiary alicyclic amines) is 1. The van der Waals surface area contributed by atoms with Gasteiger partial charge >= 0.3 is 0 Å². The van der Waals surface area contributed by atoms with Gasteiger partial charge in [-0.15, -0.1) is 11.3 Å². The van der Waals surface area contributed by atoms with E-state index in [4.69, 9.17) is 0 Å². The van der Waals surface area contributed by atoms with Crippen LogP contribution in [0.2, 0.25) is 0 Å². The molecule has 0 bridgehead atoms. The van der Waals surface area contributed by atoms with E-state index in [-0.39, 0.29) is 5.91 Å². The molecule has 2 rings (SSSR count). The van der Waals surface area contributed by atoms with Gasteiger partial charge in [-0.2, -0.15) is 0 Å². The molecule has 1 amide bonds. The molecule has 0 saturated carbocycles. The highest BCUT2D eigenvalue weighted by molar-refractivity contribution is 7.10. The second-order valence-corrected chi connectivity index (χ2v) is 3.95. The Kier molecular flexibility index (Phi) is 2.80. The fourth-order valence-electron chi connectivity index (χ4n) is 1.37. The van der Waals surface area contributed by atoms with Crippen molar-refractivity contribution < 1.29 is 4.79 Å². The highest BCUT2D eigenvalue weighted by atomic mass is 32.1. The molecule has 3 nitrogen and oxygen atoms in total. The zero-order valence-electron chi connectivity index (χ0n) is 7.69. The number of carbonyl (C=O) groups excluding carboxylic acids is 1. The van der Waals surface area contributed by atoms with Gasteiger partial charge in [0.15, 0.2) is 5.01 Å². The van der Waals surface area contributed by atoms with E-state index in [1.807, 2.05) is 5.38 Å². The molecule has 4 heteroatoms. The minimum Gasteiger partial charge on any atom is -0.332 e. The summed E-state index contributed by atoms with van der Waals surface area (Å²) in [6, 6.07) is 0. The van der Waals surface area contributed by atoms with Gasteiger partial charge in [0, 0.05) is 24.5 Å². The minimum atomic E-state index is 0.221. The lowest BCUT2D eigenvalue weighted by Crippen LogP contribution is -2.24. The van der Waals surface area contributed by atoms with Crippen molar-refractivity contribution in [3.8, 4) is 11.8 Å². The van der Waals surface area contributed by atoms with E-state index >= 15 is 0 Å². The van der Waals surface area contributed by atoms with Crippen LogP contribution < -0.4 is 0 Å². The first-order chi connectivity index (χ1) is 6.86. The predicted octanol–water partition coefficient (Wildman–Crippen LogP) is 1.12. The molecule has 1 aliphatic heterocycles. The van der Waals surface area contributed by atoms with Crippen LogP contribution in [0.1, 0.15) is 17.8 Å². The van der Waals surface area contributed by atoms with E-state index in [0.717, 1.165) is 18.0 Å². The van der Waals surface area contributed by atoms with Crippen LogP contribution in [-0.4, -0.2) is 28.9 Å². The maximum atomic E-state index is 11.2. The molecular weight excluding hydrogens is 196 g/mol. The molecule has 0 N–H and O–H groups in total. The fourth-order valence-corrected chi connectivity index (χ4v) is 1.87. The molecule has 1 aromatic heterocycles. The number of thiazole rings is 1. The quantitative estimate of drug-likeness (QED) is 0.645. The van der Waals surface area contributed by atoms with Crippen LogP contribution in [0.15, 0.2) is 11.6 Å². The number of amides is 1. The van der Waals surface area contributed by atoms with Crippen molar-refractivity contribution in [2.24, 2.45) is 0 Å². The average Bonchev–Trinajstić information content (AvgIpc) is 2.78. The molecule has 0 aliphatic carbocycles. The van der Waals surface area contributed by atoms with Gasteiger partial charge in [0.1, 0.15) is 0 Å². The van der Waals surface area contributed by atoms with E-state index in [1.165, 1.54) is 11.3 Å². The highest BCUT2D eigenvalue weighted by Gasteiger charge is 2.18. The van der Waals surface area contributed by atoms with Crippen LogP contribution in [0.25, 0.3) is 0 Å². The van der Waals surface area contributed by atoms with Crippen LogP contribution in [0.3, 0.4) is 0 Å². The molecule has 1 saturated heterocycles. The molecule has 1 aromatic rings. The van der Waals surface area contributed by atoms with Crippen LogP contribution in [0, 0.1) is 11.8 Å². The first-order valence-electron chi connectivity index (χ1n) is 4.52. The third-order valence-electron chi connectivity index (χ3n) is 2.07. The molecule has 1 aliphatic rings. The molecule has 0 aromatic carbocycles. The summed E-state index contributed by atoms with van der Waals surface area (Å²) in [5.74, 6) is 6.12. The van der Waals surface area contributed by atoms with E-state index in [1.54, 1.807) is 11.1 Å². The lowest BCUT2D eigenvalue weighted by Gasteiger charge is -2.09. The smallest absolute Gasteiger partial charge is 0.223 e. The summed E-state index contributed by atoms with van der Waals surface area (Å²) in [6.45, 7) is 1.39. The number of hydrogen-bond acceptors (Lipinski definition) is 3. The first-order valence-corrected chi connectivity index (χ1v) is 5.40. The molecule has 0 atom stereocenters. The zero-order valence-corrected chi connectivity index (χ0v) is 8.51. The largest absolute Gasteiger partial charge is 0.332 e. The van der Waals surface area contributed by atoms with Gasteiger partial charge in [0.2, 0.25) is 5.91 Å². The number of rotatable bonds is 1. The highest BCUT2D eigenvalue weighted by Crippen LogP contribution is 2.08. The van der Waals surface area contributed by atoms with Crippen LogP contribution in [0.5, 0.6) is 0 Å². The maximum Gasteiger partial charge on any atom is 0.223 e. The summed E-state index contributed by atoms with van der Waals surface area (Å²) in [4.78, 5) is 17.0. The molecule has 72 valence electrons. The van der Waals surface area contributed by atoms with E-state index in [2.05, 4.69) is 16.8 Å². The van der Waals surface area contributed by atoms with Crippen molar-refractivity contribution in [1.82, 2.24) is 9.88 Å². The number of carbonyl (C=O) groups is 1. The summed E-state index contributed by atoms with van der Waals surface area (Å²) in [6.07, 6.45) is 3.38. The monoisotopic (exact) mass is 206 g/mol. The molecule has 0 unspecified atom stereocenters. The van der Waals surface area contributed by atoms with Crippen molar-refractivity contribution in [3.05, 3.63) is 16.6 Å². The molecular formula is C10H10N2OS. The summed E-state index contributed by atoms with van der Waals surface area (Å²) < 4.78 is 0. The Morgan fingerprint density at radius 2 is 2.57 bits per heavy atom. The Hall–Kier alpha value is -1.34. The van der Waals surface area contributed by atoms with Crippen molar-refractivity contribution in [1.29, 1.82) is 0 Å². The Bertz CT molecular complexity index is 375. The summed E-state index contributed by atoms with van der Waals surface area (Å²) in [5.41, 5.74) is 0. The Balaban J connectivity index is 1.90. The molecule has 14 heavy (non-hydrogen) atoms. The summed E-state index contributed by atoms with van der Waals surface area (Å²) >= 11 is 1.52. The van der Waals surface area contributed by atoms with Gasteiger partial charge in [-0.05, 0) is 12.3 Å². The normalized spacial score (nSPS) is 15.4. The Labute approximate surface area is 86.8 Å². The number of hydrogen-bond donors (Lipinski definition) is 0. The van der Waals surface area contributed by atoms with Gasteiger partial charge in [-0.25, -0.2) is 4.98 Å². The Morgan fingerprint density at radius 1 is 1.64 bits per heavy atom. The zero-order chi connectivity index (χ0) is 9.80. The standard InChI is InChI=1S/C10H10N2OS/c13-10-4-2-7-12(10)6-1-3-9-11-5-8-14-9/h5,8H,2,4,6-7H2. The van der Waals surface area contributed by atoms with Crippen molar-refractivity contribution in [2.45, 2.75) is 12.8 Å². The molecule has 1 fully saturated rings. The summed E-state index contributed by atoms with van der Waals surface area (Å²) in [5, 5.41) is 2.71.